The molecule has 2 atom stereocenters. The minimum Gasteiger partial charge on any atom is -0.371 e. The van der Waals surface area contributed by atoms with Gasteiger partial charge in [0.25, 0.3) is 0 Å². The molecule has 2 aliphatic rings. The summed E-state index contributed by atoms with van der Waals surface area (Å²) in [5, 5.41) is 9.75. The Hall–Kier alpha value is -3.47. The summed E-state index contributed by atoms with van der Waals surface area (Å²) in [4.78, 5) is 24.0. The number of halogens is 4. The number of benzene rings is 1. The molecule has 1 aliphatic carbocycles. The molecule has 4 rings (SSSR count). The lowest BCUT2D eigenvalue weighted by atomic mass is 9.95. The van der Waals surface area contributed by atoms with Gasteiger partial charge in [-0.2, -0.15) is 13.2 Å². The summed E-state index contributed by atoms with van der Waals surface area (Å²) in [6, 6.07) is 7.21. The zero-order valence-corrected chi connectivity index (χ0v) is 17.9. The van der Waals surface area contributed by atoms with E-state index in [4.69, 9.17) is 4.74 Å². The van der Waals surface area contributed by atoms with Crippen LogP contribution in [-0.2, 0) is 14.3 Å². The fourth-order valence-corrected chi connectivity index (χ4v) is 3.81. The number of nitrogens with zero attached hydrogens (tertiary/aromatic N) is 2. The zero-order chi connectivity index (χ0) is 24.3. The number of amides is 2. The Morgan fingerprint density at radius 3 is 2.71 bits per heavy atom. The van der Waals surface area contributed by atoms with Gasteiger partial charge in [0.1, 0.15) is 12.4 Å². The van der Waals surface area contributed by atoms with Crippen LogP contribution in [0, 0.1) is 17.7 Å². The van der Waals surface area contributed by atoms with Gasteiger partial charge >= 0.3 is 6.18 Å². The van der Waals surface area contributed by atoms with E-state index >= 15 is 0 Å². The Morgan fingerprint density at radius 1 is 1.26 bits per heavy atom. The third kappa shape index (κ3) is 5.90. The molecule has 1 fully saturated rings. The number of anilines is 1. The van der Waals surface area contributed by atoms with Crippen LogP contribution in [-0.4, -0.2) is 47.5 Å². The summed E-state index contributed by atoms with van der Waals surface area (Å²) in [7, 11) is 0. The van der Waals surface area contributed by atoms with E-state index in [1.165, 1.54) is 28.9 Å². The van der Waals surface area contributed by atoms with E-state index in [9.17, 15) is 27.2 Å². The highest BCUT2D eigenvalue weighted by Gasteiger charge is 2.29. The third-order valence-corrected chi connectivity index (χ3v) is 5.42. The van der Waals surface area contributed by atoms with E-state index < -0.39 is 24.5 Å². The average molecular weight is 478 g/mol. The first-order valence-corrected chi connectivity index (χ1v) is 10.6. The smallest absolute Gasteiger partial charge is 0.371 e. The quantitative estimate of drug-likeness (QED) is 0.596. The standard InChI is InChI=1S/C23H22F4N4O3/c24-17-4-6-18(7-5-17)31-19(10-20(30-31)29-22(33)16-9-21(32)28-11-16)15-3-1-2-14(8-15)12-34-13-23(25,26)27/h1,3-8,10,14,16H,2,9,11-13H2,(H,28,32)(H,29,30,33)/t14?,16-/m0/s1. The van der Waals surface area contributed by atoms with Gasteiger partial charge in [-0.25, -0.2) is 9.07 Å². The topological polar surface area (TPSA) is 85.2 Å². The Bertz CT molecular complexity index is 1120. The molecule has 7 nitrogen and oxygen atoms in total. The largest absolute Gasteiger partial charge is 0.411 e. The van der Waals surface area contributed by atoms with E-state index in [1.54, 1.807) is 12.1 Å². The highest BCUT2D eigenvalue weighted by molar-refractivity contribution is 5.97. The lowest BCUT2D eigenvalue weighted by molar-refractivity contribution is -0.175. The van der Waals surface area contributed by atoms with Gasteiger partial charge in [0.05, 0.1) is 23.9 Å². The van der Waals surface area contributed by atoms with E-state index in [0.29, 0.717) is 23.4 Å². The van der Waals surface area contributed by atoms with Crippen molar-refractivity contribution in [2.24, 2.45) is 11.8 Å². The molecule has 180 valence electrons. The van der Waals surface area contributed by atoms with Gasteiger partial charge in [-0.15, -0.1) is 5.10 Å². The Kier molecular flexibility index (Phi) is 6.82. The highest BCUT2D eigenvalue weighted by atomic mass is 19.4. The van der Waals surface area contributed by atoms with Gasteiger partial charge in [-0.1, -0.05) is 18.2 Å². The van der Waals surface area contributed by atoms with Crippen molar-refractivity contribution in [3.63, 3.8) is 0 Å². The van der Waals surface area contributed by atoms with Gasteiger partial charge in [-0.05, 0) is 36.3 Å². The number of ether oxygens (including phenoxy) is 1. The summed E-state index contributed by atoms with van der Waals surface area (Å²) in [6.45, 7) is -1.19. The highest BCUT2D eigenvalue weighted by Crippen LogP contribution is 2.29. The predicted octanol–water partition coefficient (Wildman–Crippen LogP) is 3.62. The maximum Gasteiger partial charge on any atom is 0.411 e. The minimum absolute atomic E-state index is 0.0882. The van der Waals surface area contributed by atoms with E-state index in [2.05, 4.69) is 15.7 Å². The summed E-state index contributed by atoms with van der Waals surface area (Å²) < 4.78 is 57.0. The maximum atomic E-state index is 13.5. The first-order chi connectivity index (χ1) is 16.2. The molecular formula is C23H22F4N4O3. The molecule has 1 aromatic carbocycles. The second kappa shape index (κ2) is 9.80. The molecule has 34 heavy (non-hydrogen) atoms. The summed E-state index contributed by atoms with van der Waals surface area (Å²) in [5.41, 5.74) is 1.75. The monoisotopic (exact) mass is 478 g/mol. The van der Waals surface area contributed by atoms with Crippen molar-refractivity contribution in [2.45, 2.75) is 19.0 Å². The van der Waals surface area contributed by atoms with Crippen molar-refractivity contribution in [3.8, 4) is 5.69 Å². The molecule has 11 heteroatoms. The molecule has 2 amide bonds. The van der Waals surface area contributed by atoms with Crippen LogP contribution in [0.15, 0.2) is 48.6 Å². The summed E-state index contributed by atoms with van der Waals surface area (Å²) in [5.74, 6) is -1.56. The van der Waals surface area contributed by atoms with Crippen LogP contribution in [0.3, 0.4) is 0 Å². The van der Waals surface area contributed by atoms with Crippen LogP contribution in [0.25, 0.3) is 11.3 Å². The number of allylic oxidation sites excluding steroid dienone is 3. The molecule has 1 unspecified atom stereocenters. The van der Waals surface area contributed by atoms with Gasteiger partial charge < -0.3 is 15.4 Å². The van der Waals surface area contributed by atoms with Gasteiger partial charge in [-0.3, -0.25) is 9.59 Å². The average Bonchev–Trinajstić information content (AvgIpc) is 3.40. The third-order valence-electron chi connectivity index (χ3n) is 5.42. The molecular weight excluding hydrogens is 456 g/mol. The number of hydrogen-bond acceptors (Lipinski definition) is 4. The predicted molar refractivity (Wildman–Crippen MR) is 115 cm³/mol. The van der Waals surface area contributed by atoms with Crippen molar-refractivity contribution in [1.29, 1.82) is 0 Å². The fraction of sp³-hybridized carbons (Fsp3) is 0.348. The van der Waals surface area contributed by atoms with E-state index in [-0.39, 0.29) is 43.1 Å². The molecule has 1 saturated heterocycles. The summed E-state index contributed by atoms with van der Waals surface area (Å²) >= 11 is 0. The van der Waals surface area contributed by atoms with Gasteiger partial charge in [0.2, 0.25) is 11.8 Å². The molecule has 2 heterocycles. The molecule has 0 radical (unpaired) electrons. The Balaban J connectivity index is 1.59. The van der Waals surface area contributed by atoms with E-state index in [1.807, 2.05) is 12.2 Å². The second-order valence-corrected chi connectivity index (χ2v) is 8.15. The zero-order valence-electron chi connectivity index (χ0n) is 17.9. The van der Waals surface area contributed by atoms with Crippen molar-refractivity contribution in [2.75, 3.05) is 25.1 Å². The molecule has 1 aliphatic heterocycles. The van der Waals surface area contributed by atoms with Crippen molar-refractivity contribution in [1.82, 2.24) is 15.1 Å². The van der Waals surface area contributed by atoms with Crippen molar-refractivity contribution < 1.29 is 31.9 Å². The number of rotatable bonds is 7. The van der Waals surface area contributed by atoms with E-state index in [0.717, 1.165) is 0 Å². The molecule has 0 saturated carbocycles. The van der Waals surface area contributed by atoms with Gasteiger partial charge in [0, 0.05) is 24.9 Å². The number of carbonyl (C=O) groups excluding carboxylic acids is 2. The first-order valence-electron chi connectivity index (χ1n) is 10.6. The Morgan fingerprint density at radius 2 is 2.03 bits per heavy atom. The minimum atomic E-state index is -4.40. The molecule has 2 aromatic rings. The normalized spacial score (nSPS) is 20.2. The second-order valence-electron chi connectivity index (χ2n) is 8.15. The molecule has 2 N–H and O–H groups in total. The van der Waals surface area contributed by atoms with Crippen molar-refractivity contribution in [3.05, 3.63) is 60.1 Å². The lowest BCUT2D eigenvalue weighted by Crippen LogP contribution is -2.24. The number of nitrogens with one attached hydrogen (secondary N) is 2. The van der Waals surface area contributed by atoms with Crippen LogP contribution in [0.4, 0.5) is 23.4 Å². The lowest BCUT2D eigenvalue weighted by Gasteiger charge is -2.18. The fourth-order valence-electron chi connectivity index (χ4n) is 3.81. The van der Waals surface area contributed by atoms with Crippen LogP contribution in [0.5, 0.6) is 0 Å². The molecule has 1 aromatic heterocycles. The van der Waals surface area contributed by atoms with Crippen LogP contribution >= 0.6 is 0 Å². The number of aromatic nitrogens is 2. The maximum absolute atomic E-state index is 13.5. The van der Waals surface area contributed by atoms with Crippen LogP contribution < -0.4 is 10.6 Å². The SMILES string of the molecule is O=C1C[C@H](C(=O)Nc2cc(C3=CC(COCC(F)(F)F)CC=C3)n(-c3ccc(F)cc3)n2)CN1. The first kappa shape index (κ1) is 23.7. The summed E-state index contributed by atoms with van der Waals surface area (Å²) in [6.07, 6.45) is 1.63. The van der Waals surface area contributed by atoms with Crippen LogP contribution in [0.2, 0.25) is 0 Å². The Labute approximate surface area is 192 Å². The number of carbonyl (C=O) groups is 2. The van der Waals surface area contributed by atoms with Gasteiger partial charge in [0.15, 0.2) is 5.82 Å². The molecule has 0 spiro atoms. The number of alkyl halides is 3. The molecule has 0 bridgehead atoms. The van der Waals surface area contributed by atoms with Crippen LogP contribution in [0.1, 0.15) is 18.5 Å². The number of hydrogen-bond donors (Lipinski definition) is 2. The van der Waals surface area contributed by atoms with Crippen molar-refractivity contribution >= 4 is 23.2 Å².